The number of carbonyl (C=O) groups excluding carboxylic acids is 1. The molecule has 0 radical (unpaired) electrons. The number of nitrogens with one attached hydrogen (secondary N) is 2. The zero-order chi connectivity index (χ0) is 22.4. The Hall–Kier alpha value is -3.52. The van der Waals surface area contributed by atoms with Crippen LogP contribution in [0.15, 0.2) is 71.6 Å². The highest BCUT2D eigenvalue weighted by atomic mass is 32.2. The van der Waals surface area contributed by atoms with E-state index in [2.05, 4.69) is 10.0 Å². The maximum atomic E-state index is 12.7. The summed E-state index contributed by atoms with van der Waals surface area (Å²) in [6.45, 7) is 3.52. The van der Waals surface area contributed by atoms with Crippen LogP contribution in [0, 0.1) is 13.8 Å². The summed E-state index contributed by atoms with van der Waals surface area (Å²) in [4.78, 5) is 12.3. The molecule has 0 aliphatic carbocycles. The van der Waals surface area contributed by atoms with Crippen molar-refractivity contribution in [2.45, 2.75) is 18.7 Å². The number of hydrogen-bond donors (Lipinski definition) is 2. The van der Waals surface area contributed by atoms with Crippen molar-refractivity contribution in [1.82, 2.24) is 0 Å². The summed E-state index contributed by atoms with van der Waals surface area (Å²) < 4.78 is 38.6. The van der Waals surface area contributed by atoms with Gasteiger partial charge in [0.25, 0.3) is 15.9 Å². The Bertz CT molecular complexity index is 1170. The van der Waals surface area contributed by atoms with Crippen molar-refractivity contribution < 1.29 is 22.7 Å². The number of para-hydroxylation sites is 2. The Balaban J connectivity index is 1.62. The van der Waals surface area contributed by atoms with E-state index in [0.29, 0.717) is 22.9 Å². The number of carbonyl (C=O) groups is 1. The highest BCUT2D eigenvalue weighted by Gasteiger charge is 2.16. The molecule has 0 saturated carbocycles. The maximum absolute atomic E-state index is 12.7. The minimum absolute atomic E-state index is 0.0941. The van der Waals surface area contributed by atoms with Crippen molar-refractivity contribution in [3.05, 3.63) is 77.9 Å². The van der Waals surface area contributed by atoms with Crippen molar-refractivity contribution in [1.29, 1.82) is 0 Å². The summed E-state index contributed by atoms with van der Waals surface area (Å²) in [6.07, 6.45) is 0. The Morgan fingerprint density at radius 1 is 0.935 bits per heavy atom. The first-order valence-electron chi connectivity index (χ1n) is 9.54. The molecule has 162 valence electrons. The first kappa shape index (κ1) is 22.2. The molecular formula is C23H24N2O5S. The average molecular weight is 441 g/mol. The summed E-state index contributed by atoms with van der Waals surface area (Å²) in [5, 5.41) is 2.67. The van der Waals surface area contributed by atoms with Crippen LogP contribution in [0.25, 0.3) is 0 Å². The van der Waals surface area contributed by atoms with Crippen LogP contribution >= 0.6 is 0 Å². The minimum atomic E-state index is -3.75. The fourth-order valence-corrected chi connectivity index (χ4v) is 3.97. The number of anilines is 2. The van der Waals surface area contributed by atoms with Crippen LogP contribution in [0.2, 0.25) is 0 Å². The number of hydrogen-bond acceptors (Lipinski definition) is 5. The zero-order valence-corrected chi connectivity index (χ0v) is 18.3. The summed E-state index contributed by atoms with van der Waals surface area (Å²) in [5.41, 5.74) is 2.77. The van der Waals surface area contributed by atoms with Crippen LogP contribution in [-0.2, 0) is 14.8 Å². The highest BCUT2D eigenvalue weighted by Crippen LogP contribution is 2.26. The van der Waals surface area contributed by atoms with Gasteiger partial charge in [0.05, 0.1) is 17.7 Å². The second-order valence-corrected chi connectivity index (χ2v) is 8.62. The van der Waals surface area contributed by atoms with Crippen LogP contribution < -0.4 is 19.5 Å². The molecule has 0 aliphatic rings. The lowest BCUT2D eigenvalue weighted by Gasteiger charge is -2.12. The van der Waals surface area contributed by atoms with Gasteiger partial charge in [-0.15, -0.1) is 0 Å². The molecule has 8 heteroatoms. The molecule has 3 rings (SSSR count). The number of amides is 1. The number of rotatable bonds is 8. The summed E-state index contributed by atoms with van der Waals surface area (Å²) >= 11 is 0. The van der Waals surface area contributed by atoms with Crippen molar-refractivity contribution >= 4 is 27.3 Å². The van der Waals surface area contributed by atoms with Gasteiger partial charge in [0.15, 0.2) is 18.1 Å². The van der Waals surface area contributed by atoms with Crippen LogP contribution in [0.3, 0.4) is 0 Å². The summed E-state index contributed by atoms with van der Waals surface area (Å²) in [6, 6.07) is 18.5. The maximum Gasteiger partial charge on any atom is 0.262 e. The van der Waals surface area contributed by atoms with Crippen molar-refractivity contribution in [2.24, 2.45) is 0 Å². The van der Waals surface area contributed by atoms with Crippen molar-refractivity contribution in [3.8, 4) is 11.5 Å². The number of sulfonamides is 1. The smallest absolute Gasteiger partial charge is 0.262 e. The Morgan fingerprint density at radius 2 is 1.61 bits per heavy atom. The van der Waals surface area contributed by atoms with E-state index >= 15 is 0 Å². The monoisotopic (exact) mass is 440 g/mol. The lowest BCUT2D eigenvalue weighted by Crippen LogP contribution is -2.20. The summed E-state index contributed by atoms with van der Waals surface area (Å²) in [5.74, 6) is 0.607. The highest BCUT2D eigenvalue weighted by molar-refractivity contribution is 7.92. The molecule has 31 heavy (non-hydrogen) atoms. The topological polar surface area (TPSA) is 93.7 Å². The lowest BCUT2D eigenvalue weighted by atomic mass is 10.1. The van der Waals surface area contributed by atoms with Crippen molar-refractivity contribution in [2.75, 3.05) is 23.8 Å². The molecule has 0 bridgehead atoms. The van der Waals surface area contributed by atoms with Gasteiger partial charge in [-0.25, -0.2) is 8.42 Å². The first-order chi connectivity index (χ1) is 14.8. The van der Waals surface area contributed by atoms with Crippen molar-refractivity contribution in [3.63, 3.8) is 0 Å². The van der Waals surface area contributed by atoms with E-state index in [0.717, 1.165) is 11.1 Å². The van der Waals surface area contributed by atoms with Gasteiger partial charge in [0, 0.05) is 5.69 Å². The number of methoxy groups -OCH3 is 1. The molecule has 7 nitrogen and oxygen atoms in total. The fraction of sp³-hybridized carbons (Fsp3) is 0.174. The molecular weight excluding hydrogens is 416 g/mol. The second kappa shape index (κ2) is 9.53. The van der Waals surface area contributed by atoms with Crippen LogP contribution in [0.5, 0.6) is 11.5 Å². The van der Waals surface area contributed by atoms with Crippen LogP contribution in [0.1, 0.15) is 11.1 Å². The van der Waals surface area contributed by atoms with E-state index in [-0.39, 0.29) is 17.4 Å². The largest absolute Gasteiger partial charge is 0.493 e. The van der Waals surface area contributed by atoms with E-state index < -0.39 is 10.0 Å². The van der Waals surface area contributed by atoms with E-state index in [4.69, 9.17) is 9.47 Å². The average Bonchev–Trinajstić information content (AvgIpc) is 2.75. The molecule has 3 aromatic carbocycles. The Labute approximate surface area is 182 Å². The van der Waals surface area contributed by atoms with Gasteiger partial charge in [-0.1, -0.05) is 24.3 Å². The molecule has 0 unspecified atom stereocenters. The van der Waals surface area contributed by atoms with E-state index in [1.54, 1.807) is 30.3 Å². The number of ether oxygens (including phenoxy) is 2. The molecule has 0 aliphatic heterocycles. The van der Waals surface area contributed by atoms with Crippen LogP contribution in [0.4, 0.5) is 11.4 Å². The SMILES string of the molecule is COc1ccccc1OCC(=O)Nc1ccc(S(=O)(=O)Nc2cc(C)ccc2C)cc1. The molecule has 0 fully saturated rings. The van der Waals surface area contributed by atoms with Gasteiger partial charge in [0.1, 0.15) is 0 Å². The van der Waals surface area contributed by atoms with Gasteiger partial charge in [-0.2, -0.15) is 0 Å². The zero-order valence-electron chi connectivity index (χ0n) is 17.5. The third-order valence-corrected chi connectivity index (χ3v) is 5.90. The standard InChI is InChI=1S/C23H24N2O5S/c1-16-8-9-17(2)20(14-16)25-31(27,28)19-12-10-18(11-13-19)24-23(26)15-30-22-7-5-4-6-21(22)29-3/h4-14,25H,15H2,1-3H3,(H,24,26). The predicted octanol–water partition coefficient (Wildman–Crippen LogP) is 4.13. The molecule has 1 amide bonds. The number of benzene rings is 3. The molecule has 0 spiro atoms. The Morgan fingerprint density at radius 3 is 2.29 bits per heavy atom. The van der Waals surface area contributed by atoms with Gasteiger partial charge in [0.2, 0.25) is 0 Å². The molecule has 0 atom stereocenters. The third-order valence-electron chi connectivity index (χ3n) is 4.51. The Kier molecular flexibility index (Phi) is 6.81. The number of aryl methyl sites for hydroxylation is 2. The molecule has 2 N–H and O–H groups in total. The fourth-order valence-electron chi connectivity index (χ4n) is 2.85. The molecule has 3 aromatic rings. The first-order valence-corrected chi connectivity index (χ1v) is 11.0. The van der Waals surface area contributed by atoms with Gasteiger partial charge in [-0.05, 0) is 67.4 Å². The van der Waals surface area contributed by atoms with E-state index in [1.807, 2.05) is 26.0 Å². The predicted molar refractivity (Wildman–Crippen MR) is 120 cm³/mol. The van der Waals surface area contributed by atoms with Gasteiger partial charge >= 0.3 is 0 Å². The third kappa shape index (κ3) is 5.76. The molecule has 0 saturated heterocycles. The second-order valence-electron chi connectivity index (χ2n) is 6.94. The lowest BCUT2D eigenvalue weighted by molar-refractivity contribution is -0.118. The molecule has 0 heterocycles. The van der Waals surface area contributed by atoms with Gasteiger partial charge in [-0.3, -0.25) is 9.52 Å². The van der Waals surface area contributed by atoms with Gasteiger partial charge < -0.3 is 14.8 Å². The van der Waals surface area contributed by atoms with E-state index in [1.165, 1.54) is 31.4 Å². The molecule has 0 aromatic heterocycles. The quantitative estimate of drug-likeness (QED) is 0.549. The van der Waals surface area contributed by atoms with E-state index in [9.17, 15) is 13.2 Å². The minimum Gasteiger partial charge on any atom is -0.493 e. The summed E-state index contributed by atoms with van der Waals surface area (Å²) in [7, 11) is -2.23. The normalized spacial score (nSPS) is 10.9. The van der Waals surface area contributed by atoms with Crippen LogP contribution in [-0.4, -0.2) is 28.0 Å².